The molecule has 4 aromatic rings. The minimum absolute atomic E-state index is 0.0489. The van der Waals surface area contributed by atoms with E-state index in [9.17, 15) is 13.2 Å². The largest absolute Gasteiger partial charge is 0.497 e. The standard InChI is InChI=1S/C26H24N2O5S/c1-32-22-11-9-19(10-12-22)25-15-24(27-33-25)26(29)28(21-13-14-34(30,31)17-21)16-20-7-4-6-18-5-2-3-8-23(18)20/h2-12,15,21H,13-14,16-17H2,1H3/t21-/m0/s1. The molecular formula is C26H24N2O5S. The Bertz CT molecular complexity index is 1440. The third-order valence-electron chi connectivity index (χ3n) is 6.23. The van der Waals surface area contributed by atoms with Gasteiger partial charge in [0, 0.05) is 24.2 Å². The first-order valence-electron chi connectivity index (χ1n) is 11.0. The van der Waals surface area contributed by atoms with Gasteiger partial charge in [-0.2, -0.15) is 0 Å². The first-order chi connectivity index (χ1) is 16.4. The minimum atomic E-state index is -3.18. The van der Waals surface area contributed by atoms with Crippen molar-refractivity contribution in [2.45, 2.75) is 19.0 Å². The van der Waals surface area contributed by atoms with Gasteiger partial charge in [-0.1, -0.05) is 47.6 Å². The molecule has 0 bridgehead atoms. The summed E-state index contributed by atoms with van der Waals surface area (Å²) in [6.45, 7) is 0.283. The Labute approximate surface area is 197 Å². The van der Waals surface area contributed by atoms with Crippen LogP contribution in [0.3, 0.4) is 0 Å². The van der Waals surface area contributed by atoms with E-state index in [4.69, 9.17) is 9.26 Å². The molecule has 0 aliphatic carbocycles. The van der Waals surface area contributed by atoms with Gasteiger partial charge in [0.1, 0.15) is 5.75 Å². The number of hydrogen-bond donors (Lipinski definition) is 0. The lowest BCUT2D eigenvalue weighted by atomic mass is 10.0. The summed E-state index contributed by atoms with van der Waals surface area (Å²) in [7, 11) is -1.59. The van der Waals surface area contributed by atoms with Crippen LogP contribution >= 0.6 is 0 Å². The molecule has 0 saturated carbocycles. The summed E-state index contributed by atoms with van der Waals surface area (Å²) in [5.41, 5.74) is 1.86. The molecule has 1 aliphatic rings. The van der Waals surface area contributed by atoms with Crippen molar-refractivity contribution in [2.75, 3.05) is 18.6 Å². The third kappa shape index (κ3) is 4.41. The summed E-state index contributed by atoms with van der Waals surface area (Å²) in [5.74, 6) is 0.844. The Morgan fingerprint density at radius 2 is 1.85 bits per heavy atom. The molecule has 1 aliphatic heterocycles. The molecule has 7 nitrogen and oxygen atoms in total. The van der Waals surface area contributed by atoms with Gasteiger partial charge in [-0.15, -0.1) is 0 Å². The molecule has 3 aromatic carbocycles. The van der Waals surface area contributed by atoms with Crippen molar-refractivity contribution in [1.29, 1.82) is 0 Å². The zero-order chi connectivity index (χ0) is 23.7. The number of sulfone groups is 1. The number of amides is 1. The highest BCUT2D eigenvalue weighted by molar-refractivity contribution is 7.91. The van der Waals surface area contributed by atoms with E-state index in [1.165, 1.54) is 0 Å². The Morgan fingerprint density at radius 1 is 1.09 bits per heavy atom. The van der Waals surface area contributed by atoms with Gasteiger partial charge >= 0.3 is 0 Å². The number of rotatable bonds is 6. The molecule has 1 amide bonds. The maximum atomic E-state index is 13.6. The molecule has 0 spiro atoms. The molecule has 0 radical (unpaired) electrons. The number of carbonyl (C=O) groups is 1. The highest BCUT2D eigenvalue weighted by Gasteiger charge is 2.36. The van der Waals surface area contributed by atoms with Crippen molar-refractivity contribution in [3.63, 3.8) is 0 Å². The number of ether oxygens (including phenoxy) is 1. The lowest BCUT2D eigenvalue weighted by Gasteiger charge is -2.28. The van der Waals surface area contributed by atoms with Crippen LogP contribution in [0, 0.1) is 0 Å². The second-order valence-electron chi connectivity index (χ2n) is 8.43. The van der Waals surface area contributed by atoms with E-state index < -0.39 is 15.9 Å². The van der Waals surface area contributed by atoms with Crippen LogP contribution in [0.4, 0.5) is 0 Å². The fourth-order valence-electron chi connectivity index (χ4n) is 4.42. The summed E-state index contributed by atoms with van der Waals surface area (Å²) >= 11 is 0. The second-order valence-corrected chi connectivity index (χ2v) is 10.7. The average Bonchev–Trinajstić information content (AvgIpc) is 3.49. The van der Waals surface area contributed by atoms with E-state index in [2.05, 4.69) is 5.16 Å². The van der Waals surface area contributed by atoms with Gasteiger partial charge in [-0.3, -0.25) is 4.79 Å². The van der Waals surface area contributed by atoms with Crippen molar-refractivity contribution >= 4 is 26.5 Å². The van der Waals surface area contributed by atoms with Crippen LogP contribution in [0.5, 0.6) is 5.75 Å². The van der Waals surface area contributed by atoms with Crippen LogP contribution in [0.1, 0.15) is 22.5 Å². The normalized spacial score (nSPS) is 17.0. The number of benzene rings is 3. The highest BCUT2D eigenvalue weighted by Crippen LogP contribution is 2.28. The first-order valence-corrected chi connectivity index (χ1v) is 12.8. The van der Waals surface area contributed by atoms with Crippen LogP contribution in [0.25, 0.3) is 22.1 Å². The lowest BCUT2D eigenvalue weighted by Crippen LogP contribution is -2.40. The summed E-state index contributed by atoms with van der Waals surface area (Å²) in [4.78, 5) is 15.2. The van der Waals surface area contributed by atoms with Crippen molar-refractivity contribution in [3.8, 4) is 17.1 Å². The maximum Gasteiger partial charge on any atom is 0.276 e. The molecule has 0 N–H and O–H groups in total. The molecule has 1 saturated heterocycles. The zero-order valence-electron chi connectivity index (χ0n) is 18.7. The van der Waals surface area contributed by atoms with Crippen LogP contribution in [-0.4, -0.2) is 49.0 Å². The van der Waals surface area contributed by atoms with Gasteiger partial charge in [0.15, 0.2) is 21.3 Å². The van der Waals surface area contributed by atoms with Crippen molar-refractivity contribution in [1.82, 2.24) is 10.1 Å². The van der Waals surface area contributed by atoms with Crippen molar-refractivity contribution in [2.24, 2.45) is 0 Å². The van der Waals surface area contributed by atoms with E-state index in [-0.39, 0.29) is 29.7 Å². The van der Waals surface area contributed by atoms with Gasteiger partial charge in [0.2, 0.25) is 0 Å². The minimum Gasteiger partial charge on any atom is -0.497 e. The van der Waals surface area contributed by atoms with Gasteiger partial charge in [0.05, 0.1) is 18.6 Å². The Hall–Kier alpha value is -3.65. The van der Waals surface area contributed by atoms with E-state index in [0.717, 1.165) is 21.9 Å². The molecule has 1 atom stereocenters. The number of methoxy groups -OCH3 is 1. The number of hydrogen-bond acceptors (Lipinski definition) is 6. The van der Waals surface area contributed by atoms with E-state index >= 15 is 0 Å². The SMILES string of the molecule is COc1ccc(-c2cc(C(=O)N(Cc3cccc4ccccc34)[C@H]3CCS(=O)(=O)C3)no2)cc1. The Balaban J connectivity index is 1.48. The van der Waals surface area contributed by atoms with Crippen molar-refractivity contribution in [3.05, 3.63) is 84.1 Å². The summed E-state index contributed by atoms with van der Waals surface area (Å²) in [5, 5.41) is 6.12. The van der Waals surface area contributed by atoms with Gasteiger partial charge in [-0.05, 0) is 47.0 Å². The molecule has 1 fully saturated rings. The summed E-state index contributed by atoms with van der Waals surface area (Å²) < 4.78 is 35.1. The molecular weight excluding hydrogens is 452 g/mol. The topological polar surface area (TPSA) is 89.7 Å². The number of aromatic nitrogens is 1. The van der Waals surface area contributed by atoms with E-state index in [1.807, 2.05) is 54.6 Å². The summed E-state index contributed by atoms with van der Waals surface area (Å²) in [6.07, 6.45) is 0.405. The number of carbonyl (C=O) groups excluding carboxylic acids is 1. The first kappa shape index (κ1) is 22.2. The molecule has 2 heterocycles. The molecule has 174 valence electrons. The Kier molecular flexibility index (Phi) is 5.83. The zero-order valence-corrected chi connectivity index (χ0v) is 19.5. The highest BCUT2D eigenvalue weighted by atomic mass is 32.2. The van der Waals surface area contributed by atoms with Crippen LogP contribution in [0.15, 0.2) is 77.3 Å². The summed E-state index contributed by atoms with van der Waals surface area (Å²) in [6, 6.07) is 22.3. The predicted molar refractivity (Wildman–Crippen MR) is 129 cm³/mol. The monoisotopic (exact) mass is 476 g/mol. The van der Waals surface area contributed by atoms with Crippen LogP contribution in [-0.2, 0) is 16.4 Å². The molecule has 8 heteroatoms. The fourth-order valence-corrected chi connectivity index (χ4v) is 6.15. The number of fused-ring (bicyclic) bond motifs is 1. The van der Waals surface area contributed by atoms with Crippen LogP contribution in [0.2, 0.25) is 0 Å². The molecule has 1 aromatic heterocycles. The smallest absolute Gasteiger partial charge is 0.276 e. The maximum absolute atomic E-state index is 13.6. The third-order valence-corrected chi connectivity index (χ3v) is 7.98. The van der Waals surface area contributed by atoms with E-state index in [1.54, 1.807) is 30.2 Å². The average molecular weight is 477 g/mol. The Morgan fingerprint density at radius 3 is 2.59 bits per heavy atom. The van der Waals surface area contributed by atoms with Crippen molar-refractivity contribution < 1.29 is 22.5 Å². The lowest BCUT2D eigenvalue weighted by molar-refractivity contribution is 0.0671. The predicted octanol–water partition coefficient (Wildman–Crippen LogP) is 4.33. The molecule has 5 rings (SSSR count). The quantitative estimate of drug-likeness (QED) is 0.411. The molecule has 34 heavy (non-hydrogen) atoms. The van der Waals surface area contributed by atoms with Gasteiger partial charge in [-0.25, -0.2) is 8.42 Å². The fraction of sp³-hybridized carbons (Fsp3) is 0.231. The number of nitrogens with zero attached hydrogens (tertiary/aromatic N) is 2. The second kappa shape index (κ2) is 8.95. The van der Waals surface area contributed by atoms with Crippen LogP contribution < -0.4 is 4.74 Å². The van der Waals surface area contributed by atoms with Gasteiger partial charge < -0.3 is 14.2 Å². The van der Waals surface area contributed by atoms with E-state index in [0.29, 0.717) is 17.9 Å². The molecule has 0 unspecified atom stereocenters. The van der Waals surface area contributed by atoms with Gasteiger partial charge in [0.25, 0.3) is 5.91 Å².